The van der Waals surface area contributed by atoms with Crippen LogP contribution in [0.25, 0.3) is 0 Å². The fourth-order valence-corrected chi connectivity index (χ4v) is 2.86. The predicted molar refractivity (Wildman–Crippen MR) is 81.4 cm³/mol. The van der Waals surface area contributed by atoms with Crippen molar-refractivity contribution in [3.63, 3.8) is 0 Å². The number of hydrogen-bond acceptors (Lipinski definition) is 4. The number of nitrogens with zero attached hydrogens (tertiary/aromatic N) is 1. The van der Waals surface area contributed by atoms with E-state index in [-0.39, 0.29) is 11.8 Å². The molecule has 1 unspecified atom stereocenters. The number of carbonyl (C=O) groups is 1. The normalized spacial score (nSPS) is 13.0. The molecule has 0 spiro atoms. The summed E-state index contributed by atoms with van der Waals surface area (Å²) < 4.78 is 0. The monoisotopic (exact) mass is 283 g/mol. The van der Waals surface area contributed by atoms with Crippen molar-refractivity contribution >= 4 is 22.4 Å². The van der Waals surface area contributed by atoms with Gasteiger partial charge in [0.15, 0.2) is 5.13 Å². The largest absolute Gasteiger partial charge is 0.330 e. The van der Waals surface area contributed by atoms with Gasteiger partial charge in [0.1, 0.15) is 0 Å². The standard InChI is InChI=1S/C14H25N3OS/c1-9(2)5-11(7-15)6-13(18)17-14-16-12(8-19-14)10(3)4/h8-11H,5-7,15H2,1-4H3,(H,16,17,18). The number of nitrogens with one attached hydrogen (secondary N) is 1. The number of amides is 1. The molecular weight excluding hydrogens is 258 g/mol. The van der Waals surface area contributed by atoms with Crippen molar-refractivity contribution in [1.82, 2.24) is 4.98 Å². The molecule has 1 atom stereocenters. The molecule has 1 heterocycles. The average molecular weight is 283 g/mol. The highest BCUT2D eigenvalue weighted by Gasteiger charge is 2.15. The summed E-state index contributed by atoms with van der Waals surface area (Å²) in [5.41, 5.74) is 6.74. The van der Waals surface area contributed by atoms with Crippen LogP contribution in [0, 0.1) is 11.8 Å². The van der Waals surface area contributed by atoms with E-state index in [0.29, 0.717) is 29.9 Å². The van der Waals surface area contributed by atoms with Crippen LogP contribution in [0.5, 0.6) is 0 Å². The first-order valence-corrected chi connectivity index (χ1v) is 7.75. The van der Waals surface area contributed by atoms with Gasteiger partial charge in [0.25, 0.3) is 0 Å². The smallest absolute Gasteiger partial charge is 0.226 e. The Morgan fingerprint density at radius 2 is 2.11 bits per heavy atom. The molecule has 19 heavy (non-hydrogen) atoms. The summed E-state index contributed by atoms with van der Waals surface area (Å²) >= 11 is 1.48. The number of carbonyl (C=O) groups excluding carboxylic acids is 1. The minimum absolute atomic E-state index is 0.0146. The van der Waals surface area contributed by atoms with Crippen LogP contribution >= 0.6 is 11.3 Å². The van der Waals surface area contributed by atoms with Gasteiger partial charge in [0.2, 0.25) is 5.91 Å². The van der Waals surface area contributed by atoms with Gasteiger partial charge in [-0.25, -0.2) is 4.98 Å². The Bertz CT molecular complexity index is 401. The van der Waals surface area contributed by atoms with E-state index in [1.54, 1.807) is 0 Å². The molecule has 0 fully saturated rings. The molecule has 0 aliphatic rings. The molecule has 0 saturated heterocycles. The van der Waals surface area contributed by atoms with E-state index < -0.39 is 0 Å². The number of rotatable bonds is 7. The Morgan fingerprint density at radius 3 is 2.58 bits per heavy atom. The molecule has 1 rings (SSSR count). The Balaban J connectivity index is 2.49. The highest BCUT2D eigenvalue weighted by atomic mass is 32.1. The first-order chi connectivity index (χ1) is 8.92. The lowest BCUT2D eigenvalue weighted by atomic mass is 9.94. The highest BCUT2D eigenvalue weighted by molar-refractivity contribution is 7.13. The second-order valence-corrected chi connectivity index (χ2v) is 6.57. The molecule has 0 radical (unpaired) electrons. The van der Waals surface area contributed by atoms with E-state index in [4.69, 9.17) is 5.73 Å². The van der Waals surface area contributed by atoms with Crippen molar-refractivity contribution < 1.29 is 4.79 Å². The van der Waals surface area contributed by atoms with Crippen LogP contribution in [0.15, 0.2) is 5.38 Å². The second kappa shape index (κ2) is 7.60. The third-order valence-electron chi connectivity index (χ3n) is 2.97. The molecule has 1 amide bonds. The van der Waals surface area contributed by atoms with Crippen LogP contribution in [0.2, 0.25) is 0 Å². The molecule has 3 N–H and O–H groups in total. The van der Waals surface area contributed by atoms with Crippen LogP contribution in [-0.2, 0) is 4.79 Å². The molecule has 108 valence electrons. The first kappa shape index (κ1) is 16.1. The number of thiazole rings is 1. The Labute approximate surface area is 119 Å². The lowest BCUT2D eigenvalue weighted by Gasteiger charge is -2.15. The van der Waals surface area contributed by atoms with Gasteiger partial charge in [0.05, 0.1) is 5.69 Å². The summed E-state index contributed by atoms with van der Waals surface area (Å²) in [6.45, 7) is 9.04. The van der Waals surface area contributed by atoms with Gasteiger partial charge in [-0.05, 0) is 30.7 Å². The Hall–Kier alpha value is -0.940. The van der Waals surface area contributed by atoms with Gasteiger partial charge in [-0.1, -0.05) is 27.7 Å². The molecule has 0 aliphatic heterocycles. The van der Waals surface area contributed by atoms with Crippen molar-refractivity contribution in [2.75, 3.05) is 11.9 Å². The van der Waals surface area contributed by atoms with Crippen LogP contribution in [0.1, 0.15) is 52.1 Å². The summed E-state index contributed by atoms with van der Waals surface area (Å²) in [5.74, 6) is 1.22. The molecule has 1 aromatic rings. The third kappa shape index (κ3) is 5.70. The van der Waals surface area contributed by atoms with E-state index in [2.05, 4.69) is 38.0 Å². The van der Waals surface area contributed by atoms with Gasteiger partial charge < -0.3 is 11.1 Å². The molecule has 0 saturated carbocycles. The topological polar surface area (TPSA) is 68.0 Å². The quantitative estimate of drug-likeness (QED) is 0.807. The molecule has 0 bridgehead atoms. The van der Waals surface area contributed by atoms with Crippen LogP contribution in [-0.4, -0.2) is 17.4 Å². The molecule has 5 heteroatoms. The summed E-state index contributed by atoms with van der Waals surface area (Å²) in [7, 11) is 0. The van der Waals surface area contributed by atoms with Crippen LogP contribution in [0.3, 0.4) is 0 Å². The predicted octanol–water partition coefficient (Wildman–Crippen LogP) is 3.22. The zero-order valence-electron chi connectivity index (χ0n) is 12.3. The van der Waals surface area contributed by atoms with Gasteiger partial charge in [-0.2, -0.15) is 0 Å². The molecule has 0 aliphatic carbocycles. The first-order valence-electron chi connectivity index (χ1n) is 6.87. The van der Waals surface area contributed by atoms with Gasteiger partial charge >= 0.3 is 0 Å². The lowest BCUT2D eigenvalue weighted by Crippen LogP contribution is -2.23. The summed E-state index contributed by atoms with van der Waals surface area (Å²) in [6, 6.07) is 0. The van der Waals surface area contributed by atoms with E-state index in [1.807, 2.05) is 5.38 Å². The van der Waals surface area contributed by atoms with Crippen LogP contribution < -0.4 is 11.1 Å². The lowest BCUT2D eigenvalue weighted by molar-refractivity contribution is -0.117. The maximum absolute atomic E-state index is 11.9. The van der Waals surface area contributed by atoms with Crippen molar-refractivity contribution in [2.24, 2.45) is 17.6 Å². The van der Waals surface area contributed by atoms with Gasteiger partial charge in [-0.3, -0.25) is 4.79 Å². The van der Waals surface area contributed by atoms with Crippen molar-refractivity contribution in [1.29, 1.82) is 0 Å². The summed E-state index contributed by atoms with van der Waals surface area (Å²) in [4.78, 5) is 16.3. The van der Waals surface area contributed by atoms with E-state index in [1.165, 1.54) is 11.3 Å². The zero-order valence-corrected chi connectivity index (χ0v) is 13.1. The van der Waals surface area contributed by atoms with E-state index >= 15 is 0 Å². The van der Waals surface area contributed by atoms with E-state index in [0.717, 1.165) is 12.1 Å². The summed E-state index contributed by atoms with van der Waals surface area (Å²) in [5, 5.41) is 5.55. The number of nitrogens with two attached hydrogens (primary N) is 1. The number of anilines is 1. The Morgan fingerprint density at radius 1 is 1.42 bits per heavy atom. The number of hydrogen-bond donors (Lipinski definition) is 2. The highest BCUT2D eigenvalue weighted by Crippen LogP contribution is 2.22. The van der Waals surface area contributed by atoms with Crippen molar-refractivity contribution in [2.45, 2.75) is 46.5 Å². The SMILES string of the molecule is CC(C)CC(CN)CC(=O)Nc1nc(C(C)C)cs1. The fourth-order valence-electron chi connectivity index (χ4n) is 1.97. The average Bonchev–Trinajstić information content (AvgIpc) is 2.75. The van der Waals surface area contributed by atoms with Crippen molar-refractivity contribution in [3.05, 3.63) is 11.1 Å². The Kier molecular flexibility index (Phi) is 6.45. The third-order valence-corrected chi connectivity index (χ3v) is 3.75. The van der Waals surface area contributed by atoms with Crippen LogP contribution in [0.4, 0.5) is 5.13 Å². The van der Waals surface area contributed by atoms with Crippen molar-refractivity contribution in [3.8, 4) is 0 Å². The second-order valence-electron chi connectivity index (χ2n) is 5.72. The number of aromatic nitrogens is 1. The van der Waals surface area contributed by atoms with Gasteiger partial charge in [0, 0.05) is 11.8 Å². The molecule has 0 aromatic carbocycles. The molecule has 1 aromatic heterocycles. The molecular formula is C14H25N3OS. The maximum atomic E-state index is 11.9. The minimum atomic E-state index is 0.0146. The fraction of sp³-hybridized carbons (Fsp3) is 0.714. The molecule has 4 nitrogen and oxygen atoms in total. The summed E-state index contributed by atoms with van der Waals surface area (Å²) in [6.07, 6.45) is 1.46. The minimum Gasteiger partial charge on any atom is -0.330 e. The van der Waals surface area contributed by atoms with Gasteiger partial charge in [-0.15, -0.1) is 11.3 Å². The maximum Gasteiger partial charge on any atom is 0.226 e. The zero-order chi connectivity index (χ0) is 14.4. The van der Waals surface area contributed by atoms with E-state index in [9.17, 15) is 4.79 Å².